The third-order valence-corrected chi connectivity index (χ3v) is 5.91. The molecule has 2 amide bonds. The van der Waals surface area contributed by atoms with Crippen LogP contribution >= 0.6 is 0 Å². The summed E-state index contributed by atoms with van der Waals surface area (Å²) in [4.78, 5) is 40.9. The second-order valence-electron chi connectivity index (χ2n) is 7.67. The standard InChI is InChI=1S/C19H26N4O4/c1-21-17(24)12-14-11-13(4-5-15(14)20-21)18(25)22-6-8-23(9-7-22)19(26)16-3-2-10-27-16/h12-13,16H,2-11H2,1H3. The van der Waals surface area contributed by atoms with Crippen molar-refractivity contribution < 1.29 is 14.3 Å². The smallest absolute Gasteiger partial charge is 0.266 e. The molecule has 0 bridgehead atoms. The maximum absolute atomic E-state index is 12.9. The SMILES string of the molecule is Cn1nc2c(cc1=O)CC(C(=O)N1CCN(C(=O)C3CCCO3)CC1)CC2. The topological polar surface area (TPSA) is 84.7 Å². The van der Waals surface area contributed by atoms with Gasteiger partial charge in [-0.1, -0.05) is 0 Å². The van der Waals surface area contributed by atoms with E-state index >= 15 is 0 Å². The van der Waals surface area contributed by atoms with Crippen LogP contribution in [0.4, 0.5) is 0 Å². The first-order chi connectivity index (χ1) is 13.0. The molecule has 2 atom stereocenters. The van der Waals surface area contributed by atoms with Crippen molar-refractivity contribution in [3.8, 4) is 0 Å². The number of hydrogen-bond donors (Lipinski definition) is 0. The third-order valence-electron chi connectivity index (χ3n) is 5.91. The van der Waals surface area contributed by atoms with Crippen molar-refractivity contribution in [1.29, 1.82) is 0 Å². The minimum Gasteiger partial charge on any atom is -0.368 e. The zero-order valence-corrected chi connectivity index (χ0v) is 15.7. The largest absolute Gasteiger partial charge is 0.368 e. The van der Waals surface area contributed by atoms with Crippen LogP contribution in [-0.4, -0.2) is 70.3 Å². The van der Waals surface area contributed by atoms with Gasteiger partial charge in [-0.25, -0.2) is 4.68 Å². The normalized spacial score (nSPS) is 25.4. The van der Waals surface area contributed by atoms with Gasteiger partial charge in [0.15, 0.2) is 0 Å². The lowest BCUT2D eigenvalue weighted by Crippen LogP contribution is -2.54. The number of carbonyl (C=O) groups excluding carboxylic acids is 2. The van der Waals surface area contributed by atoms with Crippen LogP contribution in [0.1, 0.15) is 30.5 Å². The molecule has 27 heavy (non-hydrogen) atoms. The zero-order valence-electron chi connectivity index (χ0n) is 15.7. The number of rotatable bonds is 2. The molecular formula is C19H26N4O4. The van der Waals surface area contributed by atoms with Crippen molar-refractivity contribution >= 4 is 11.8 Å². The number of nitrogens with zero attached hydrogens (tertiary/aromatic N) is 4. The van der Waals surface area contributed by atoms with E-state index in [1.807, 2.05) is 9.80 Å². The molecule has 0 aromatic carbocycles. The first-order valence-electron chi connectivity index (χ1n) is 9.78. The van der Waals surface area contributed by atoms with Gasteiger partial charge in [-0.05, 0) is 37.7 Å². The van der Waals surface area contributed by atoms with Crippen LogP contribution < -0.4 is 5.56 Å². The number of ether oxygens (including phenoxy) is 1. The lowest BCUT2D eigenvalue weighted by Gasteiger charge is -2.38. The van der Waals surface area contributed by atoms with E-state index < -0.39 is 0 Å². The molecule has 3 heterocycles. The minimum absolute atomic E-state index is 0.0631. The summed E-state index contributed by atoms with van der Waals surface area (Å²) in [5, 5.41) is 4.31. The van der Waals surface area contributed by atoms with E-state index in [4.69, 9.17) is 4.74 Å². The molecule has 0 radical (unpaired) electrons. The summed E-state index contributed by atoms with van der Waals surface area (Å²) in [7, 11) is 1.65. The maximum atomic E-state index is 12.9. The molecule has 146 valence electrons. The number of amides is 2. The van der Waals surface area contributed by atoms with Gasteiger partial charge < -0.3 is 14.5 Å². The number of aromatic nitrogens is 2. The second kappa shape index (κ2) is 7.42. The Hall–Kier alpha value is -2.22. The van der Waals surface area contributed by atoms with Gasteiger partial charge >= 0.3 is 0 Å². The zero-order chi connectivity index (χ0) is 19.0. The summed E-state index contributed by atoms with van der Waals surface area (Å²) in [5.74, 6) is 0.0884. The van der Waals surface area contributed by atoms with Gasteiger partial charge in [0.1, 0.15) is 6.10 Å². The summed E-state index contributed by atoms with van der Waals surface area (Å²) in [6.07, 6.45) is 3.50. The molecule has 0 spiro atoms. The van der Waals surface area contributed by atoms with Crippen LogP contribution in [-0.2, 0) is 34.2 Å². The predicted octanol–water partition coefficient (Wildman–Crippen LogP) is -0.265. The fourth-order valence-corrected chi connectivity index (χ4v) is 4.28. The number of piperazine rings is 1. The van der Waals surface area contributed by atoms with E-state index in [0.29, 0.717) is 39.2 Å². The lowest BCUT2D eigenvalue weighted by atomic mass is 9.86. The second-order valence-corrected chi connectivity index (χ2v) is 7.67. The lowest BCUT2D eigenvalue weighted by molar-refractivity contribution is -0.147. The van der Waals surface area contributed by atoms with Gasteiger partial charge in [0.05, 0.1) is 5.69 Å². The van der Waals surface area contributed by atoms with E-state index in [-0.39, 0.29) is 29.4 Å². The van der Waals surface area contributed by atoms with Gasteiger partial charge in [-0.15, -0.1) is 0 Å². The molecule has 1 aromatic heterocycles. The Morgan fingerprint density at radius 1 is 1.11 bits per heavy atom. The van der Waals surface area contributed by atoms with Crippen molar-refractivity contribution in [2.24, 2.45) is 13.0 Å². The maximum Gasteiger partial charge on any atom is 0.266 e. The van der Waals surface area contributed by atoms with Gasteiger partial charge in [0.2, 0.25) is 5.91 Å². The molecule has 8 heteroatoms. The highest BCUT2D eigenvalue weighted by Crippen LogP contribution is 2.25. The van der Waals surface area contributed by atoms with Crippen molar-refractivity contribution in [2.45, 2.75) is 38.2 Å². The minimum atomic E-state index is -0.294. The van der Waals surface area contributed by atoms with E-state index in [1.165, 1.54) is 4.68 Å². The third kappa shape index (κ3) is 3.63. The Balaban J connectivity index is 1.35. The molecule has 2 unspecified atom stereocenters. The number of aryl methyl sites for hydroxylation is 2. The highest BCUT2D eigenvalue weighted by atomic mass is 16.5. The summed E-state index contributed by atoms with van der Waals surface area (Å²) in [6.45, 7) is 2.92. The highest BCUT2D eigenvalue weighted by molar-refractivity contribution is 5.82. The van der Waals surface area contributed by atoms with Crippen molar-refractivity contribution in [3.63, 3.8) is 0 Å². The Kier molecular flexibility index (Phi) is 4.99. The van der Waals surface area contributed by atoms with Crippen LogP contribution in [0, 0.1) is 5.92 Å². The Morgan fingerprint density at radius 3 is 2.48 bits per heavy atom. The molecule has 4 rings (SSSR count). The van der Waals surface area contributed by atoms with Crippen LogP contribution in [0.25, 0.3) is 0 Å². The molecule has 1 aromatic rings. The highest BCUT2D eigenvalue weighted by Gasteiger charge is 2.34. The van der Waals surface area contributed by atoms with Crippen LogP contribution in [0.5, 0.6) is 0 Å². The summed E-state index contributed by atoms with van der Waals surface area (Å²) in [5.41, 5.74) is 1.69. The predicted molar refractivity (Wildman–Crippen MR) is 97.1 cm³/mol. The van der Waals surface area contributed by atoms with E-state index in [0.717, 1.165) is 36.9 Å². The first-order valence-corrected chi connectivity index (χ1v) is 9.78. The van der Waals surface area contributed by atoms with Crippen LogP contribution in [0.3, 0.4) is 0 Å². The fourth-order valence-electron chi connectivity index (χ4n) is 4.28. The quantitative estimate of drug-likeness (QED) is 0.712. The van der Waals surface area contributed by atoms with Gasteiger partial charge in [-0.3, -0.25) is 14.4 Å². The Bertz CT molecular complexity index is 791. The molecular weight excluding hydrogens is 348 g/mol. The number of fused-ring (bicyclic) bond motifs is 1. The van der Waals surface area contributed by atoms with Crippen LogP contribution in [0.15, 0.2) is 10.9 Å². The molecule has 1 aliphatic carbocycles. The van der Waals surface area contributed by atoms with E-state index in [1.54, 1.807) is 13.1 Å². The number of carbonyl (C=O) groups is 2. The van der Waals surface area contributed by atoms with Crippen molar-refractivity contribution in [2.75, 3.05) is 32.8 Å². The molecule has 2 saturated heterocycles. The number of hydrogen-bond acceptors (Lipinski definition) is 5. The average Bonchev–Trinajstić information content (AvgIpc) is 3.22. The van der Waals surface area contributed by atoms with E-state index in [9.17, 15) is 14.4 Å². The molecule has 0 saturated carbocycles. The molecule has 0 N–H and O–H groups in total. The monoisotopic (exact) mass is 374 g/mol. The molecule has 3 aliphatic rings. The van der Waals surface area contributed by atoms with Crippen molar-refractivity contribution in [1.82, 2.24) is 19.6 Å². The Morgan fingerprint density at radius 2 is 1.81 bits per heavy atom. The molecule has 2 aliphatic heterocycles. The first kappa shape index (κ1) is 18.2. The summed E-state index contributed by atoms with van der Waals surface area (Å²) < 4.78 is 6.84. The van der Waals surface area contributed by atoms with E-state index in [2.05, 4.69) is 5.10 Å². The van der Waals surface area contributed by atoms with Crippen LogP contribution in [0.2, 0.25) is 0 Å². The summed E-state index contributed by atoms with van der Waals surface area (Å²) >= 11 is 0. The Labute approximate surface area is 158 Å². The fraction of sp³-hybridized carbons (Fsp3) is 0.684. The van der Waals surface area contributed by atoms with Crippen molar-refractivity contribution in [3.05, 3.63) is 27.7 Å². The van der Waals surface area contributed by atoms with Gasteiger partial charge in [0.25, 0.3) is 11.5 Å². The van der Waals surface area contributed by atoms with Gasteiger partial charge in [-0.2, -0.15) is 5.10 Å². The average molecular weight is 374 g/mol. The van der Waals surface area contributed by atoms with Gasteiger partial charge in [0, 0.05) is 51.8 Å². The molecule has 2 fully saturated rings. The molecule has 8 nitrogen and oxygen atoms in total. The summed E-state index contributed by atoms with van der Waals surface area (Å²) in [6, 6.07) is 1.61.